The van der Waals surface area contributed by atoms with Gasteiger partial charge in [0.05, 0.1) is 6.20 Å². The molecule has 106 valence electrons. The Bertz CT molecular complexity index is 686. The highest BCUT2D eigenvalue weighted by atomic mass is 19.4. The quantitative estimate of drug-likeness (QED) is 0.928. The molecule has 0 spiro atoms. The molecule has 0 aliphatic heterocycles. The van der Waals surface area contributed by atoms with Crippen LogP contribution in [0.3, 0.4) is 0 Å². The Kier molecular flexibility index (Phi) is 3.68. The lowest BCUT2D eigenvalue weighted by molar-refractivity contribution is -0.141. The average molecular weight is 285 g/mol. The smallest absolute Gasteiger partial charge is 0.307 e. The van der Waals surface area contributed by atoms with Crippen LogP contribution in [0, 0.1) is 0 Å². The molecule has 0 saturated heterocycles. The molecule has 1 N–H and O–H groups in total. The molecule has 9 heteroatoms. The van der Waals surface area contributed by atoms with Gasteiger partial charge in [0.25, 0.3) is 5.56 Å². The van der Waals surface area contributed by atoms with Crippen molar-refractivity contribution < 1.29 is 13.2 Å². The fourth-order valence-corrected chi connectivity index (χ4v) is 1.41. The summed E-state index contributed by atoms with van der Waals surface area (Å²) in [5.41, 5.74) is -1.66. The van der Waals surface area contributed by atoms with Crippen molar-refractivity contribution in [2.75, 3.05) is 0 Å². The van der Waals surface area contributed by atoms with Gasteiger partial charge in [-0.2, -0.15) is 13.2 Å². The minimum absolute atomic E-state index is 0.198. The van der Waals surface area contributed by atoms with Gasteiger partial charge in [-0.25, -0.2) is 4.98 Å². The van der Waals surface area contributed by atoms with Crippen molar-refractivity contribution in [2.24, 2.45) is 0 Å². The van der Waals surface area contributed by atoms with E-state index in [-0.39, 0.29) is 5.82 Å². The first-order chi connectivity index (χ1) is 9.38. The number of hydrogen-bond acceptors (Lipinski definition) is 4. The van der Waals surface area contributed by atoms with Crippen LogP contribution >= 0.6 is 0 Å². The van der Waals surface area contributed by atoms with E-state index in [0.29, 0.717) is 18.3 Å². The second-order valence-corrected chi connectivity index (χ2v) is 3.85. The van der Waals surface area contributed by atoms with Gasteiger partial charge in [0.1, 0.15) is 11.5 Å². The van der Waals surface area contributed by atoms with Crippen LogP contribution in [0.25, 0.3) is 12.2 Å². The summed E-state index contributed by atoms with van der Waals surface area (Å²) in [5.74, 6) is -0.198. The maximum atomic E-state index is 12.5. The van der Waals surface area contributed by atoms with E-state index in [0.717, 1.165) is 0 Å². The SMILES string of the molecule is CCn1cc(/C=C/c2nc(C(F)(F)F)cc(=O)[nH]2)nn1. The first-order valence-electron chi connectivity index (χ1n) is 5.65. The molecule has 2 aromatic heterocycles. The van der Waals surface area contributed by atoms with Crippen LogP contribution in [0.2, 0.25) is 0 Å². The predicted octanol–water partition coefficient (Wildman–Crippen LogP) is 1.57. The van der Waals surface area contributed by atoms with Gasteiger partial charge in [-0.3, -0.25) is 9.48 Å². The molecule has 0 radical (unpaired) electrons. The predicted molar refractivity (Wildman–Crippen MR) is 64.5 cm³/mol. The van der Waals surface area contributed by atoms with Crippen molar-refractivity contribution in [2.45, 2.75) is 19.6 Å². The number of nitrogens with one attached hydrogen (secondary N) is 1. The zero-order chi connectivity index (χ0) is 14.8. The van der Waals surface area contributed by atoms with E-state index in [4.69, 9.17) is 0 Å². The van der Waals surface area contributed by atoms with Gasteiger partial charge in [-0.15, -0.1) is 5.10 Å². The minimum Gasteiger partial charge on any atom is -0.307 e. The van der Waals surface area contributed by atoms with E-state index < -0.39 is 17.4 Å². The van der Waals surface area contributed by atoms with E-state index in [1.165, 1.54) is 12.2 Å². The summed E-state index contributed by atoms with van der Waals surface area (Å²) in [4.78, 5) is 16.7. The lowest BCUT2D eigenvalue weighted by atomic mass is 10.3. The summed E-state index contributed by atoms with van der Waals surface area (Å²) in [5, 5.41) is 7.54. The third-order valence-corrected chi connectivity index (χ3v) is 2.34. The number of H-pyrrole nitrogens is 1. The van der Waals surface area contributed by atoms with Gasteiger partial charge in [0.15, 0.2) is 5.69 Å². The second-order valence-electron chi connectivity index (χ2n) is 3.85. The Balaban J connectivity index is 2.29. The van der Waals surface area contributed by atoms with Crippen molar-refractivity contribution in [1.82, 2.24) is 25.0 Å². The molecule has 0 fully saturated rings. The molecule has 6 nitrogen and oxygen atoms in total. The van der Waals surface area contributed by atoms with Gasteiger partial charge < -0.3 is 4.98 Å². The van der Waals surface area contributed by atoms with E-state index in [1.807, 2.05) is 6.92 Å². The summed E-state index contributed by atoms with van der Waals surface area (Å²) in [6, 6.07) is 0.407. The lowest BCUT2D eigenvalue weighted by Gasteiger charge is -2.04. The van der Waals surface area contributed by atoms with Crippen LogP contribution < -0.4 is 5.56 Å². The highest BCUT2D eigenvalue weighted by Crippen LogP contribution is 2.26. The number of aromatic nitrogens is 5. The molecule has 0 atom stereocenters. The number of halogens is 3. The molecule has 0 saturated carbocycles. The van der Waals surface area contributed by atoms with Gasteiger partial charge >= 0.3 is 6.18 Å². The fourth-order valence-electron chi connectivity index (χ4n) is 1.41. The van der Waals surface area contributed by atoms with Crippen molar-refractivity contribution >= 4 is 12.2 Å². The molecule has 2 heterocycles. The van der Waals surface area contributed by atoms with Crippen LogP contribution in [0.4, 0.5) is 13.2 Å². The lowest BCUT2D eigenvalue weighted by Crippen LogP contribution is -2.17. The van der Waals surface area contributed by atoms with E-state index in [2.05, 4.69) is 20.3 Å². The van der Waals surface area contributed by atoms with E-state index in [9.17, 15) is 18.0 Å². The molecule has 0 bridgehead atoms. The van der Waals surface area contributed by atoms with Crippen molar-refractivity contribution in [3.05, 3.63) is 39.8 Å². The molecular formula is C11H10F3N5O. The number of nitrogens with zero attached hydrogens (tertiary/aromatic N) is 4. The first kappa shape index (κ1) is 14.0. The Morgan fingerprint density at radius 3 is 2.75 bits per heavy atom. The highest BCUT2D eigenvalue weighted by Gasteiger charge is 2.33. The monoisotopic (exact) mass is 285 g/mol. The normalized spacial score (nSPS) is 12.2. The summed E-state index contributed by atoms with van der Waals surface area (Å²) in [6.07, 6.45) is -0.400. The van der Waals surface area contributed by atoms with E-state index in [1.54, 1.807) is 10.9 Å². The van der Waals surface area contributed by atoms with Gasteiger partial charge in [0, 0.05) is 12.6 Å². The zero-order valence-corrected chi connectivity index (χ0v) is 10.3. The molecular weight excluding hydrogens is 275 g/mol. The number of alkyl halides is 3. The minimum atomic E-state index is -4.66. The molecule has 2 rings (SSSR count). The topological polar surface area (TPSA) is 76.5 Å². The average Bonchev–Trinajstić information content (AvgIpc) is 2.82. The van der Waals surface area contributed by atoms with E-state index >= 15 is 0 Å². The molecule has 0 aliphatic carbocycles. The Morgan fingerprint density at radius 1 is 1.40 bits per heavy atom. The number of rotatable bonds is 3. The summed E-state index contributed by atoms with van der Waals surface area (Å²) < 4.78 is 39.0. The molecule has 0 aliphatic rings. The number of hydrogen-bond donors (Lipinski definition) is 1. The van der Waals surface area contributed by atoms with Gasteiger partial charge in [-0.05, 0) is 19.1 Å². The largest absolute Gasteiger partial charge is 0.433 e. The van der Waals surface area contributed by atoms with Crippen LogP contribution in [0.5, 0.6) is 0 Å². The Morgan fingerprint density at radius 2 is 2.15 bits per heavy atom. The number of aromatic amines is 1. The van der Waals surface area contributed by atoms with Crippen LogP contribution in [0.1, 0.15) is 24.1 Å². The molecule has 20 heavy (non-hydrogen) atoms. The van der Waals surface area contributed by atoms with Gasteiger partial charge in [0.2, 0.25) is 0 Å². The van der Waals surface area contributed by atoms with Crippen molar-refractivity contribution in [3.8, 4) is 0 Å². The number of aryl methyl sites for hydroxylation is 1. The van der Waals surface area contributed by atoms with Gasteiger partial charge in [-0.1, -0.05) is 5.21 Å². The Hall–Kier alpha value is -2.45. The standard InChI is InChI=1S/C11H10F3N5O/c1-2-19-6-7(17-18-19)3-4-9-15-8(11(12,13)14)5-10(20)16-9/h3-6H,2H2,1H3,(H,15,16,20)/b4-3+. The van der Waals surface area contributed by atoms with Crippen LogP contribution in [-0.4, -0.2) is 25.0 Å². The Labute approximate surface area is 111 Å². The third-order valence-electron chi connectivity index (χ3n) is 2.34. The first-order valence-corrected chi connectivity index (χ1v) is 5.65. The highest BCUT2D eigenvalue weighted by molar-refractivity contribution is 5.63. The molecule has 0 amide bonds. The third kappa shape index (κ3) is 3.31. The van der Waals surface area contributed by atoms with Crippen LogP contribution in [-0.2, 0) is 12.7 Å². The van der Waals surface area contributed by atoms with Crippen molar-refractivity contribution in [1.29, 1.82) is 0 Å². The summed E-state index contributed by atoms with van der Waals surface area (Å²) in [7, 11) is 0. The maximum Gasteiger partial charge on any atom is 0.433 e. The summed E-state index contributed by atoms with van der Waals surface area (Å²) >= 11 is 0. The molecule has 0 unspecified atom stereocenters. The second kappa shape index (κ2) is 5.27. The molecule has 2 aromatic rings. The summed E-state index contributed by atoms with van der Waals surface area (Å²) in [6.45, 7) is 2.49. The van der Waals surface area contributed by atoms with Crippen LogP contribution in [0.15, 0.2) is 17.1 Å². The van der Waals surface area contributed by atoms with Crippen molar-refractivity contribution in [3.63, 3.8) is 0 Å². The fraction of sp³-hybridized carbons (Fsp3) is 0.273. The maximum absolute atomic E-state index is 12.5. The molecule has 0 aromatic carbocycles. The zero-order valence-electron chi connectivity index (χ0n) is 10.3.